The average Bonchev–Trinajstić information content (AvgIpc) is 1.50. The Morgan fingerprint density at radius 1 is 0.162 bits per heavy atom. The smallest absolute Gasteiger partial charge is 0.0755 e. The third-order valence-electron chi connectivity index (χ3n) is 31.4. The Bertz CT molecular complexity index is 9680. The van der Waals surface area contributed by atoms with Crippen molar-refractivity contribution in [2.24, 2.45) is 0 Å². The van der Waals surface area contributed by atoms with Gasteiger partial charge in [0.2, 0.25) is 0 Å². The summed E-state index contributed by atoms with van der Waals surface area (Å²) in [7, 11) is 0. The lowest BCUT2D eigenvalue weighted by Gasteiger charge is -2.45. The molecule has 0 saturated heterocycles. The van der Waals surface area contributed by atoms with Crippen molar-refractivity contribution in [3.05, 3.63) is 603 Å². The number of nitrogens with zero attached hydrogens (tertiary/aromatic N) is 4. The topological polar surface area (TPSA) is 13.0 Å². The molecule has 30 rings (SSSR count). The van der Waals surface area contributed by atoms with Crippen molar-refractivity contribution in [2.45, 2.75) is 10.8 Å². The van der Waals surface area contributed by atoms with Crippen LogP contribution in [0, 0.1) is 0 Å². The molecule has 2 aliphatic heterocycles. The lowest BCUT2D eigenvalue weighted by atomic mass is 9.64. The minimum Gasteiger partial charge on any atom is -0.310 e. The van der Waals surface area contributed by atoms with Crippen molar-refractivity contribution < 1.29 is 0 Å². The predicted octanol–water partition coefficient (Wildman–Crippen LogP) is 39.6. The van der Waals surface area contributed by atoms with E-state index in [0.29, 0.717) is 0 Å². The lowest BCUT2D eigenvalue weighted by Crippen LogP contribution is -2.36. The Morgan fingerprint density at radius 2 is 0.466 bits per heavy atom. The zero-order chi connectivity index (χ0) is 97.5. The van der Waals surface area contributed by atoms with E-state index in [1.54, 1.807) is 0 Å². The number of benzene rings is 24. The van der Waals surface area contributed by atoms with Crippen LogP contribution in [0.5, 0.6) is 0 Å². The third-order valence-corrected chi connectivity index (χ3v) is 33.7. The normalized spacial score (nSPS) is 12.9. The number of hydrogen-bond acceptors (Lipinski definition) is 6. The number of fused-ring (bicyclic) bond motifs is 26. The molecular formula is C142H92N4S2. The van der Waals surface area contributed by atoms with Gasteiger partial charge in [-0.2, -0.15) is 0 Å². The van der Waals surface area contributed by atoms with Gasteiger partial charge in [0, 0.05) is 85.6 Å². The minimum absolute atomic E-state index is 0.610. The largest absolute Gasteiger partial charge is 0.310 e. The van der Waals surface area contributed by atoms with Crippen LogP contribution < -0.4 is 19.6 Å². The second kappa shape index (κ2) is 35.2. The number of para-hydroxylation sites is 8. The maximum absolute atomic E-state index is 2.51. The van der Waals surface area contributed by atoms with Crippen molar-refractivity contribution >= 4 is 153 Å². The summed E-state index contributed by atoms with van der Waals surface area (Å²) in [5, 5.41) is 10.2. The average molecular weight is 1920 g/mol. The minimum atomic E-state index is -0.612. The van der Waals surface area contributed by atoms with E-state index in [-0.39, 0.29) is 0 Å². The predicted molar refractivity (Wildman–Crippen MR) is 627 cm³/mol. The van der Waals surface area contributed by atoms with Gasteiger partial charge in [-0.3, -0.25) is 0 Å². The summed E-state index contributed by atoms with van der Waals surface area (Å²) in [6, 6.07) is 207. The van der Waals surface area contributed by atoms with Crippen LogP contribution in [0.25, 0.3) is 151 Å². The molecule has 0 fully saturated rings. The summed E-state index contributed by atoms with van der Waals surface area (Å²) in [5.74, 6) is 0. The molecule has 0 radical (unpaired) electrons. The van der Waals surface area contributed by atoms with Gasteiger partial charge in [-0.05, 0) is 277 Å². The highest BCUT2D eigenvalue weighted by Gasteiger charge is 2.54. The number of rotatable bonds is 14. The maximum Gasteiger partial charge on any atom is 0.0755 e. The van der Waals surface area contributed by atoms with Gasteiger partial charge in [0.05, 0.1) is 45.0 Å². The van der Waals surface area contributed by atoms with E-state index < -0.39 is 10.8 Å². The van der Waals surface area contributed by atoms with E-state index in [0.717, 1.165) is 56.6 Å². The van der Waals surface area contributed by atoms with Gasteiger partial charge in [-0.15, -0.1) is 22.7 Å². The highest BCUT2D eigenvalue weighted by Crippen LogP contribution is 2.67. The van der Waals surface area contributed by atoms with Gasteiger partial charge >= 0.3 is 0 Å². The second-order valence-corrected chi connectivity index (χ2v) is 41.1. The van der Waals surface area contributed by atoms with Gasteiger partial charge in [0.25, 0.3) is 0 Å². The zero-order valence-corrected chi connectivity index (χ0v) is 82.4. The standard InChI is InChI=1S/2C71H46N2S/c1-2-22-49(23-3-1)73-67-37-15-12-34-63(67)71(64-35-13-16-38-68(64)73)62-33-11-8-27-57(62)58-45-44-51(46-65(58)71)72(50-42-40-48(41-43-50)53-30-19-32-61-60-29-10-17-39-69(60)74-70(53)61)66-36-14-9-28-59(66)56-26-7-6-25-55(56)54-31-18-21-47-20-4-5-24-52(47)54;1-2-21-50(22-3-1)73-67-34-15-12-31-63(67)71(64-32-13-16-35-68(64)73)62-30-11-8-26-57(62)58-43-42-52(46-65(58)71)72(51-40-37-47(38-41-51)49-39-44-70-61(45-49)60-28-10-17-36-69(60)74-70)66-33-14-9-27-59(66)56-25-7-6-24-55(56)54-29-18-20-48-19-4-5-23-53(48)54/h2*1-46H. The molecule has 0 bridgehead atoms. The van der Waals surface area contributed by atoms with Crippen LogP contribution in [-0.2, 0) is 10.8 Å². The molecule has 6 heteroatoms. The van der Waals surface area contributed by atoms with E-state index in [2.05, 4.69) is 578 Å². The summed E-state index contributed by atoms with van der Waals surface area (Å²) in [6.07, 6.45) is 0. The molecule has 26 aromatic rings. The SMILES string of the molecule is c1ccc(N2c3ccccc3C3(c4ccccc4-c4ccc(N(c5ccc(-c6ccc7sc8ccccc8c7c6)cc5)c5ccccc5-c5ccccc5-c5cccc6ccccc56)cc43)c3ccccc32)cc1.c1ccc(N2c3ccccc3C3(c4ccccc4-c4ccc(N(c5ccc(-c6cccc7c6sc6ccccc67)cc5)c5ccccc5-c5ccccc5-c5cccc6ccccc56)cc43)c3ccccc32)cc1. The Morgan fingerprint density at radius 3 is 0.932 bits per heavy atom. The molecule has 24 aromatic carbocycles. The highest BCUT2D eigenvalue weighted by atomic mass is 32.1. The van der Waals surface area contributed by atoms with E-state index in [1.165, 1.54) is 207 Å². The van der Waals surface area contributed by atoms with Crippen molar-refractivity contribution in [3.63, 3.8) is 0 Å². The Labute approximate surface area is 868 Å². The highest BCUT2D eigenvalue weighted by molar-refractivity contribution is 7.26. The monoisotopic (exact) mass is 1920 g/mol. The van der Waals surface area contributed by atoms with Crippen LogP contribution in [0.1, 0.15) is 44.5 Å². The molecule has 148 heavy (non-hydrogen) atoms. The van der Waals surface area contributed by atoms with Gasteiger partial charge in [-0.1, -0.05) is 425 Å². The quantitative estimate of drug-likeness (QED) is 0.108. The molecule has 2 spiro atoms. The lowest BCUT2D eigenvalue weighted by molar-refractivity contribution is 0.752. The first-order chi connectivity index (χ1) is 73.5. The van der Waals surface area contributed by atoms with Gasteiger partial charge in [-0.25, -0.2) is 0 Å². The third kappa shape index (κ3) is 13.5. The number of hydrogen-bond donors (Lipinski definition) is 0. The molecule has 4 nitrogen and oxygen atoms in total. The van der Waals surface area contributed by atoms with Crippen molar-refractivity contribution in [1.82, 2.24) is 0 Å². The van der Waals surface area contributed by atoms with E-state index in [9.17, 15) is 0 Å². The van der Waals surface area contributed by atoms with Crippen molar-refractivity contribution in [3.8, 4) is 89.0 Å². The van der Waals surface area contributed by atoms with Gasteiger partial charge in [0.15, 0.2) is 0 Å². The summed E-state index contributed by atoms with van der Waals surface area (Å²) in [5.41, 5.74) is 41.9. The molecule has 0 amide bonds. The summed E-state index contributed by atoms with van der Waals surface area (Å²) >= 11 is 3.74. The van der Waals surface area contributed by atoms with E-state index in [1.807, 2.05) is 22.7 Å². The first-order valence-electron chi connectivity index (χ1n) is 51.0. The summed E-state index contributed by atoms with van der Waals surface area (Å²) in [6.45, 7) is 0. The maximum atomic E-state index is 2.51. The molecule has 692 valence electrons. The zero-order valence-electron chi connectivity index (χ0n) is 80.7. The molecule has 0 unspecified atom stereocenters. The van der Waals surface area contributed by atoms with Crippen LogP contribution in [0.4, 0.5) is 68.2 Å². The number of thiophene rings is 2. The van der Waals surface area contributed by atoms with Crippen molar-refractivity contribution in [2.75, 3.05) is 19.6 Å². The Hall–Kier alpha value is -18.6. The molecule has 4 aliphatic rings. The summed E-state index contributed by atoms with van der Waals surface area (Å²) < 4.78 is 5.26. The fourth-order valence-corrected chi connectivity index (χ4v) is 27.4. The first-order valence-corrected chi connectivity index (χ1v) is 52.6. The first kappa shape index (κ1) is 86.1. The van der Waals surface area contributed by atoms with E-state index >= 15 is 0 Å². The molecule has 0 N–H and O–H groups in total. The van der Waals surface area contributed by atoms with Crippen LogP contribution in [0.3, 0.4) is 0 Å². The van der Waals surface area contributed by atoms with Gasteiger partial charge < -0.3 is 19.6 Å². The van der Waals surface area contributed by atoms with E-state index in [4.69, 9.17) is 0 Å². The molecule has 2 aliphatic carbocycles. The van der Waals surface area contributed by atoms with Crippen molar-refractivity contribution in [1.29, 1.82) is 0 Å². The van der Waals surface area contributed by atoms with Gasteiger partial charge in [0.1, 0.15) is 0 Å². The fraction of sp³-hybridized carbons (Fsp3) is 0.0141. The van der Waals surface area contributed by atoms with Crippen LogP contribution in [-0.4, -0.2) is 0 Å². The molecule has 0 atom stereocenters. The van der Waals surface area contributed by atoms with Crippen LogP contribution in [0.2, 0.25) is 0 Å². The second-order valence-electron chi connectivity index (χ2n) is 39.0. The Balaban J connectivity index is 0.000000140. The Kier molecular flexibility index (Phi) is 20.5. The summed E-state index contributed by atoms with van der Waals surface area (Å²) in [4.78, 5) is 9.92. The molecule has 0 saturated carbocycles. The van der Waals surface area contributed by atoms with Crippen LogP contribution >= 0.6 is 22.7 Å². The molecule has 4 heterocycles. The molecule has 2 aromatic heterocycles. The molecular weight excluding hydrogens is 1830 g/mol. The fourth-order valence-electron chi connectivity index (χ4n) is 25.1. The number of anilines is 12. The van der Waals surface area contributed by atoms with Crippen LogP contribution in [0.15, 0.2) is 558 Å².